The molecule has 0 radical (unpaired) electrons. The fourth-order valence-electron chi connectivity index (χ4n) is 1.81. The van der Waals surface area contributed by atoms with Crippen molar-refractivity contribution in [1.29, 1.82) is 10.5 Å². The second kappa shape index (κ2) is 6.64. The Hall–Kier alpha value is -2.04. The number of hydrogen-bond donors (Lipinski definition) is 0. The van der Waals surface area contributed by atoms with Crippen LogP contribution in [0.4, 0.5) is 0 Å². The molecule has 18 heavy (non-hydrogen) atoms. The van der Waals surface area contributed by atoms with E-state index >= 15 is 0 Å². The van der Waals surface area contributed by atoms with Gasteiger partial charge in [-0.2, -0.15) is 10.5 Å². The summed E-state index contributed by atoms with van der Waals surface area (Å²) in [4.78, 5) is 2.08. The predicted octanol–water partition coefficient (Wildman–Crippen LogP) is 2.16. The molecule has 0 N–H and O–H groups in total. The maximum Gasteiger partial charge on any atom is 0.136 e. The lowest BCUT2D eigenvalue weighted by Crippen LogP contribution is -2.23. The fraction of sp³-hybridized carbons (Fsp3) is 0.429. The highest BCUT2D eigenvalue weighted by molar-refractivity contribution is 5.45. The van der Waals surface area contributed by atoms with E-state index in [0.717, 1.165) is 18.7 Å². The Labute approximate surface area is 108 Å². The van der Waals surface area contributed by atoms with Crippen molar-refractivity contribution in [3.05, 3.63) is 29.3 Å². The summed E-state index contributed by atoms with van der Waals surface area (Å²) >= 11 is 0. The van der Waals surface area contributed by atoms with Crippen molar-refractivity contribution in [3.63, 3.8) is 0 Å². The molecule has 0 saturated carbocycles. The zero-order chi connectivity index (χ0) is 13.5. The van der Waals surface area contributed by atoms with Gasteiger partial charge in [-0.1, -0.05) is 6.07 Å². The molecule has 0 amide bonds. The first-order valence-corrected chi connectivity index (χ1v) is 5.76. The fourth-order valence-corrected chi connectivity index (χ4v) is 1.81. The summed E-state index contributed by atoms with van der Waals surface area (Å²) in [6, 6.07) is 9.84. The molecule has 1 aromatic rings. The first-order chi connectivity index (χ1) is 8.60. The number of hydrogen-bond acceptors (Lipinski definition) is 4. The summed E-state index contributed by atoms with van der Waals surface area (Å²) in [5.41, 5.74) is 1.60. The Morgan fingerprint density at radius 1 is 1.39 bits per heavy atom. The molecule has 0 aliphatic heterocycles. The molecule has 1 unspecified atom stereocenters. The third-order valence-corrected chi connectivity index (χ3v) is 2.64. The van der Waals surface area contributed by atoms with Crippen molar-refractivity contribution in [2.75, 3.05) is 20.7 Å². The number of ether oxygens (including phenoxy) is 1. The third-order valence-electron chi connectivity index (χ3n) is 2.64. The molecule has 0 saturated heterocycles. The van der Waals surface area contributed by atoms with Crippen LogP contribution in [-0.4, -0.2) is 25.6 Å². The second-order valence-corrected chi connectivity index (χ2v) is 4.37. The molecule has 0 spiro atoms. The molecule has 4 nitrogen and oxygen atoms in total. The second-order valence-electron chi connectivity index (χ2n) is 4.37. The summed E-state index contributed by atoms with van der Waals surface area (Å²) < 4.78 is 5.17. The van der Waals surface area contributed by atoms with Gasteiger partial charge in [-0.15, -0.1) is 0 Å². The van der Waals surface area contributed by atoms with Crippen molar-refractivity contribution < 1.29 is 4.74 Å². The average Bonchev–Trinajstić information content (AvgIpc) is 2.38. The Morgan fingerprint density at radius 3 is 2.67 bits per heavy atom. The standard InChI is InChI=1S/C14H17N3O/c1-11(7-15)9-17(2)10-12-4-5-13(8-16)14(6-12)18-3/h4-6,11H,9-10H2,1-3H3. The lowest BCUT2D eigenvalue weighted by Gasteiger charge is -2.18. The van der Waals surface area contributed by atoms with Crippen LogP contribution in [-0.2, 0) is 6.54 Å². The van der Waals surface area contributed by atoms with E-state index in [0.29, 0.717) is 11.3 Å². The van der Waals surface area contributed by atoms with E-state index in [9.17, 15) is 0 Å². The first kappa shape index (κ1) is 14.0. The van der Waals surface area contributed by atoms with E-state index in [2.05, 4.69) is 17.0 Å². The molecular weight excluding hydrogens is 226 g/mol. The minimum absolute atomic E-state index is 0.00952. The Morgan fingerprint density at radius 2 is 2.11 bits per heavy atom. The summed E-state index contributed by atoms with van der Waals surface area (Å²) in [5, 5.41) is 17.7. The van der Waals surface area contributed by atoms with Crippen LogP contribution < -0.4 is 4.74 Å². The van der Waals surface area contributed by atoms with Gasteiger partial charge in [-0.3, -0.25) is 0 Å². The zero-order valence-corrected chi connectivity index (χ0v) is 11.0. The number of nitriles is 2. The van der Waals surface area contributed by atoms with Crippen LogP contribution in [0.15, 0.2) is 18.2 Å². The summed E-state index contributed by atoms with van der Waals surface area (Å²) in [5.74, 6) is 0.604. The third kappa shape index (κ3) is 3.76. The lowest BCUT2D eigenvalue weighted by molar-refractivity contribution is 0.302. The minimum Gasteiger partial charge on any atom is -0.495 e. The summed E-state index contributed by atoms with van der Waals surface area (Å²) in [6.07, 6.45) is 0. The molecule has 0 bridgehead atoms. The van der Waals surface area contributed by atoms with Gasteiger partial charge in [0, 0.05) is 13.1 Å². The molecule has 1 atom stereocenters. The zero-order valence-electron chi connectivity index (χ0n) is 11.0. The van der Waals surface area contributed by atoms with Gasteiger partial charge in [0.2, 0.25) is 0 Å². The van der Waals surface area contributed by atoms with Crippen LogP contribution in [0.3, 0.4) is 0 Å². The highest BCUT2D eigenvalue weighted by atomic mass is 16.5. The van der Waals surface area contributed by atoms with E-state index < -0.39 is 0 Å². The maximum atomic E-state index is 8.90. The highest BCUT2D eigenvalue weighted by Crippen LogP contribution is 2.20. The van der Waals surface area contributed by atoms with Crippen molar-refractivity contribution in [2.24, 2.45) is 5.92 Å². The van der Waals surface area contributed by atoms with Crippen LogP contribution in [0, 0.1) is 28.6 Å². The number of benzene rings is 1. The van der Waals surface area contributed by atoms with Crippen LogP contribution in [0.25, 0.3) is 0 Å². The normalized spacial score (nSPS) is 11.7. The molecule has 94 valence electrons. The number of rotatable bonds is 5. The topological polar surface area (TPSA) is 60.0 Å². The number of nitrogens with zero attached hydrogens (tertiary/aromatic N) is 3. The molecule has 0 fully saturated rings. The largest absolute Gasteiger partial charge is 0.495 e. The lowest BCUT2D eigenvalue weighted by atomic mass is 10.1. The molecule has 0 aliphatic rings. The number of methoxy groups -OCH3 is 1. The van der Waals surface area contributed by atoms with Crippen molar-refractivity contribution >= 4 is 0 Å². The Balaban J connectivity index is 2.74. The molecule has 4 heteroatoms. The van der Waals surface area contributed by atoms with E-state index in [-0.39, 0.29) is 5.92 Å². The molecular formula is C14H17N3O. The van der Waals surface area contributed by atoms with Gasteiger partial charge in [0.1, 0.15) is 11.8 Å². The van der Waals surface area contributed by atoms with Gasteiger partial charge in [-0.25, -0.2) is 0 Å². The van der Waals surface area contributed by atoms with E-state index in [1.165, 1.54) is 0 Å². The van der Waals surface area contributed by atoms with Crippen molar-refractivity contribution in [2.45, 2.75) is 13.5 Å². The van der Waals surface area contributed by atoms with Gasteiger partial charge < -0.3 is 9.64 Å². The van der Waals surface area contributed by atoms with E-state index in [1.807, 2.05) is 26.1 Å². The summed E-state index contributed by atoms with van der Waals surface area (Å²) in [7, 11) is 3.53. The minimum atomic E-state index is 0.00952. The van der Waals surface area contributed by atoms with E-state index in [4.69, 9.17) is 15.3 Å². The first-order valence-electron chi connectivity index (χ1n) is 5.76. The molecule has 1 rings (SSSR count). The van der Waals surface area contributed by atoms with Crippen LogP contribution in [0.5, 0.6) is 5.75 Å². The van der Waals surface area contributed by atoms with Gasteiger partial charge in [0.15, 0.2) is 0 Å². The predicted molar refractivity (Wildman–Crippen MR) is 68.8 cm³/mol. The molecule has 0 heterocycles. The molecule has 1 aromatic carbocycles. The Bertz CT molecular complexity index is 485. The van der Waals surface area contributed by atoms with Crippen LogP contribution >= 0.6 is 0 Å². The molecule has 0 aromatic heterocycles. The van der Waals surface area contributed by atoms with Gasteiger partial charge >= 0.3 is 0 Å². The maximum absolute atomic E-state index is 8.90. The van der Waals surface area contributed by atoms with Crippen LogP contribution in [0.2, 0.25) is 0 Å². The van der Waals surface area contributed by atoms with Crippen molar-refractivity contribution in [1.82, 2.24) is 4.90 Å². The summed E-state index contributed by atoms with van der Waals surface area (Å²) in [6.45, 7) is 3.35. The highest BCUT2D eigenvalue weighted by Gasteiger charge is 2.08. The van der Waals surface area contributed by atoms with Gasteiger partial charge in [-0.05, 0) is 31.7 Å². The van der Waals surface area contributed by atoms with Gasteiger partial charge in [0.25, 0.3) is 0 Å². The smallest absolute Gasteiger partial charge is 0.136 e. The monoisotopic (exact) mass is 243 g/mol. The van der Waals surface area contributed by atoms with Gasteiger partial charge in [0.05, 0.1) is 24.7 Å². The van der Waals surface area contributed by atoms with E-state index in [1.54, 1.807) is 13.2 Å². The average molecular weight is 243 g/mol. The Kier molecular flexibility index (Phi) is 5.17. The quantitative estimate of drug-likeness (QED) is 0.795. The van der Waals surface area contributed by atoms with Crippen LogP contribution in [0.1, 0.15) is 18.1 Å². The SMILES string of the molecule is COc1cc(CN(C)CC(C)C#N)ccc1C#N. The molecule has 0 aliphatic carbocycles. The van der Waals surface area contributed by atoms with Crippen molar-refractivity contribution in [3.8, 4) is 17.9 Å².